The second-order valence-electron chi connectivity index (χ2n) is 1.81. The van der Waals surface area contributed by atoms with Crippen LogP contribution in [0, 0.1) is 0 Å². The summed E-state index contributed by atoms with van der Waals surface area (Å²) in [6, 6.07) is 3.52. The third kappa shape index (κ3) is 2.37. The Morgan fingerprint density at radius 2 is 2.36 bits per heavy atom. The summed E-state index contributed by atoms with van der Waals surface area (Å²) in [5.74, 6) is 0.630. The van der Waals surface area contributed by atoms with Gasteiger partial charge in [0.15, 0.2) is 0 Å². The lowest BCUT2D eigenvalue weighted by Crippen LogP contribution is -1.93. The first kappa shape index (κ1) is 10.2. The largest absolute Gasteiger partial charge is 0.495 e. The summed E-state index contributed by atoms with van der Waals surface area (Å²) in [7, 11) is 1.55. The summed E-state index contributed by atoms with van der Waals surface area (Å²) in [6.07, 6.45) is 1.62. The molecule has 0 saturated carbocycles. The van der Waals surface area contributed by atoms with Crippen molar-refractivity contribution in [3.05, 3.63) is 24.0 Å². The van der Waals surface area contributed by atoms with E-state index < -0.39 is 0 Å². The maximum absolute atomic E-state index is 8.71. The summed E-state index contributed by atoms with van der Waals surface area (Å²) in [5, 5.41) is 8.71. The van der Waals surface area contributed by atoms with Crippen LogP contribution in [0.25, 0.3) is 0 Å². The van der Waals surface area contributed by atoms with Gasteiger partial charge in [0.1, 0.15) is 11.4 Å². The van der Waals surface area contributed by atoms with Gasteiger partial charge in [0, 0.05) is 6.20 Å². The Hall–Kier alpha value is -0.800. The van der Waals surface area contributed by atoms with Crippen molar-refractivity contribution in [2.75, 3.05) is 7.11 Å². The summed E-state index contributed by atoms with van der Waals surface area (Å²) < 4.78 is 4.91. The summed E-state index contributed by atoms with van der Waals surface area (Å²) in [6.45, 7) is -0.0794. The molecule has 0 aliphatic rings. The highest BCUT2D eigenvalue weighted by Gasteiger charge is 1.98. The minimum absolute atomic E-state index is 0. The molecule has 0 aliphatic heterocycles. The van der Waals surface area contributed by atoms with Gasteiger partial charge < -0.3 is 9.84 Å². The van der Waals surface area contributed by atoms with Crippen LogP contribution in [0.1, 0.15) is 5.69 Å². The molecule has 0 unspecified atom stereocenters. The first-order chi connectivity index (χ1) is 4.88. The molecule has 1 heterocycles. The molecular formula is C7H10ClNO2. The number of methoxy groups -OCH3 is 1. The SMILES string of the molecule is COc1cccnc1CO.Cl. The van der Waals surface area contributed by atoms with Crippen LogP contribution in [0.2, 0.25) is 0 Å². The Balaban J connectivity index is 0.000001000. The third-order valence-corrected chi connectivity index (χ3v) is 1.22. The smallest absolute Gasteiger partial charge is 0.142 e. The predicted octanol–water partition coefficient (Wildman–Crippen LogP) is 1.00. The van der Waals surface area contributed by atoms with Crippen molar-refractivity contribution < 1.29 is 9.84 Å². The van der Waals surface area contributed by atoms with Crippen LogP contribution in [-0.2, 0) is 6.61 Å². The quantitative estimate of drug-likeness (QED) is 0.730. The van der Waals surface area contributed by atoms with Gasteiger partial charge in [0.25, 0.3) is 0 Å². The average Bonchev–Trinajstić information content (AvgIpc) is 2.04. The van der Waals surface area contributed by atoms with E-state index in [-0.39, 0.29) is 19.0 Å². The molecule has 0 aliphatic carbocycles. The van der Waals surface area contributed by atoms with Crippen molar-refractivity contribution in [2.45, 2.75) is 6.61 Å². The number of aliphatic hydroxyl groups is 1. The average molecular weight is 176 g/mol. The first-order valence-corrected chi connectivity index (χ1v) is 2.97. The van der Waals surface area contributed by atoms with E-state index in [1.807, 2.05) is 0 Å². The molecule has 1 N–H and O–H groups in total. The molecule has 0 bridgehead atoms. The number of ether oxygens (including phenoxy) is 1. The van der Waals surface area contributed by atoms with E-state index in [2.05, 4.69) is 4.98 Å². The molecule has 0 aromatic carbocycles. The number of aromatic nitrogens is 1. The van der Waals surface area contributed by atoms with Crippen molar-refractivity contribution >= 4 is 12.4 Å². The summed E-state index contributed by atoms with van der Waals surface area (Å²) in [5.41, 5.74) is 0.574. The van der Waals surface area contributed by atoms with Crippen LogP contribution in [0.15, 0.2) is 18.3 Å². The molecule has 0 spiro atoms. The Labute approximate surface area is 71.4 Å². The van der Waals surface area contributed by atoms with Crippen molar-refractivity contribution in [3.8, 4) is 5.75 Å². The standard InChI is InChI=1S/C7H9NO2.ClH/c1-10-7-3-2-4-8-6(7)5-9;/h2-4,9H,5H2,1H3;1H. The monoisotopic (exact) mass is 175 g/mol. The number of aliphatic hydroxyl groups excluding tert-OH is 1. The molecule has 11 heavy (non-hydrogen) atoms. The molecule has 1 aromatic heterocycles. The minimum atomic E-state index is -0.0794. The summed E-state index contributed by atoms with van der Waals surface area (Å²) in [4.78, 5) is 3.89. The molecule has 62 valence electrons. The topological polar surface area (TPSA) is 42.4 Å². The zero-order chi connectivity index (χ0) is 7.40. The van der Waals surface area contributed by atoms with E-state index in [4.69, 9.17) is 9.84 Å². The van der Waals surface area contributed by atoms with Crippen molar-refractivity contribution in [1.82, 2.24) is 4.98 Å². The number of halogens is 1. The lowest BCUT2D eigenvalue weighted by molar-refractivity contribution is 0.268. The second-order valence-corrected chi connectivity index (χ2v) is 1.81. The lowest BCUT2D eigenvalue weighted by Gasteiger charge is -2.02. The van der Waals surface area contributed by atoms with Crippen LogP contribution in [0.3, 0.4) is 0 Å². The number of hydrogen-bond donors (Lipinski definition) is 1. The highest BCUT2D eigenvalue weighted by Crippen LogP contribution is 2.13. The van der Waals surface area contributed by atoms with E-state index in [9.17, 15) is 0 Å². The van der Waals surface area contributed by atoms with Crippen LogP contribution in [0.4, 0.5) is 0 Å². The number of nitrogens with zero attached hydrogens (tertiary/aromatic N) is 1. The van der Waals surface area contributed by atoms with Gasteiger partial charge in [0.2, 0.25) is 0 Å². The Bertz CT molecular complexity index is 194. The second kappa shape index (κ2) is 4.93. The van der Waals surface area contributed by atoms with Crippen molar-refractivity contribution in [2.24, 2.45) is 0 Å². The fourth-order valence-electron chi connectivity index (χ4n) is 0.728. The van der Waals surface area contributed by atoms with E-state index >= 15 is 0 Å². The molecule has 1 aromatic rings. The number of pyridine rings is 1. The highest BCUT2D eigenvalue weighted by molar-refractivity contribution is 5.85. The molecule has 0 saturated heterocycles. The predicted molar refractivity (Wildman–Crippen MR) is 44.0 cm³/mol. The molecule has 0 amide bonds. The Morgan fingerprint density at radius 1 is 1.64 bits per heavy atom. The normalized spacial score (nSPS) is 8.55. The highest BCUT2D eigenvalue weighted by atomic mass is 35.5. The minimum Gasteiger partial charge on any atom is -0.495 e. The summed E-state index contributed by atoms with van der Waals surface area (Å²) >= 11 is 0. The Kier molecular flexibility index (Phi) is 4.57. The number of rotatable bonds is 2. The van der Waals surface area contributed by atoms with E-state index in [0.29, 0.717) is 11.4 Å². The fraction of sp³-hybridized carbons (Fsp3) is 0.286. The van der Waals surface area contributed by atoms with Crippen molar-refractivity contribution in [3.63, 3.8) is 0 Å². The van der Waals surface area contributed by atoms with Crippen LogP contribution >= 0.6 is 12.4 Å². The van der Waals surface area contributed by atoms with E-state index in [1.165, 1.54) is 0 Å². The van der Waals surface area contributed by atoms with Crippen molar-refractivity contribution in [1.29, 1.82) is 0 Å². The Morgan fingerprint density at radius 3 is 2.82 bits per heavy atom. The number of hydrogen-bond acceptors (Lipinski definition) is 3. The molecule has 3 nitrogen and oxygen atoms in total. The van der Waals surface area contributed by atoms with Gasteiger partial charge in [-0.3, -0.25) is 4.98 Å². The van der Waals surface area contributed by atoms with Gasteiger partial charge >= 0.3 is 0 Å². The van der Waals surface area contributed by atoms with E-state index in [0.717, 1.165) is 0 Å². The van der Waals surface area contributed by atoms with Gasteiger partial charge in [-0.15, -0.1) is 12.4 Å². The lowest BCUT2D eigenvalue weighted by atomic mass is 10.3. The van der Waals surface area contributed by atoms with Crippen LogP contribution in [-0.4, -0.2) is 17.2 Å². The zero-order valence-corrected chi connectivity index (χ0v) is 6.97. The van der Waals surface area contributed by atoms with Gasteiger partial charge in [-0.05, 0) is 12.1 Å². The maximum atomic E-state index is 8.71. The van der Waals surface area contributed by atoms with Gasteiger partial charge in [-0.2, -0.15) is 0 Å². The van der Waals surface area contributed by atoms with Gasteiger partial charge in [-0.25, -0.2) is 0 Å². The fourth-order valence-corrected chi connectivity index (χ4v) is 0.728. The van der Waals surface area contributed by atoms with Gasteiger partial charge in [-0.1, -0.05) is 0 Å². The molecule has 0 fully saturated rings. The molecule has 4 heteroatoms. The zero-order valence-electron chi connectivity index (χ0n) is 6.15. The van der Waals surface area contributed by atoms with Crippen LogP contribution < -0.4 is 4.74 Å². The third-order valence-electron chi connectivity index (χ3n) is 1.22. The molecular weight excluding hydrogens is 166 g/mol. The maximum Gasteiger partial charge on any atom is 0.142 e. The van der Waals surface area contributed by atoms with Gasteiger partial charge in [0.05, 0.1) is 13.7 Å². The van der Waals surface area contributed by atoms with E-state index in [1.54, 1.807) is 25.4 Å². The molecule has 0 atom stereocenters. The first-order valence-electron chi connectivity index (χ1n) is 2.97. The van der Waals surface area contributed by atoms with Crippen LogP contribution in [0.5, 0.6) is 5.75 Å². The molecule has 1 rings (SSSR count). The molecule has 0 radical (unpaired) electrons.